The summed E-state index contributed by atoms with van der Waals surface area (Å²) in [6, 6.07) is 14.0. The Morgan fingerprint density at radius 2 is 1.82 bits per heavy atom. The van der Waals surface area contributed by atoms with Gasteiger partial charge in [-0.1, -0.05) is 6.07 Å². The van der Waals surface area contributed by atoms with Crippen molar-refractivity contribution in [3.63, 3.8) is 0 Å². The molecule has 0 unspecified atom stereocenters. The fraction of sp³-hybridized carbons (Fsp3) is 0.0714. The zero-order valence-electron chi connectivity index (χ0n) is 9.34. The first-order valence-corrected chi connectivity index (χ1v) is 5.16. The van der Waals surface area contributed by atoms with E-state index in [1.807, 2.05) is 19.1 Å². The Kier molecular flexibility index (Phi) is 2.97. The molecule has 84 valence electrons. The Labute approximate surface area is 99.5 Å². The van der Waals surface area contributed by atoms with Crippen LogP contribution in [-0.2, 0) is 0 Å². The molecule has 2 aromatic carbocycles. The number of benzene rings is 2. The molecule has 2 rings (SSSR count). The predicted octanol–water partition coefficient (Wildman–Crippen LogP) is 3.36. The molecular formula is C14H11NO2. The lowest BCUT2D eigenvalue weighted by Crippen LogP contribution is -1.85. The van der Waals surface area contributed by atoms with Crippen LogP contribution in [-0.4, -0.2) is 5.11 Å². The van der Waals surface area contributed by atoms with Gasteiger partial charge in [-0.3, -0.25) is 0 Å². The Morgan fingerprint density at radius 1 is 1.12 bits per heavy atom. The molecule has 1 N–H and O–H groups in total. The van der Waals surface area contributed by atoms with Gasteiger partial charge >= 0.3 is 0 Å². The lowest BCUT2D eigenvalue weighted by atomic mass is 10.2. The van der Waals surface area contributed by atoms with E-state index in [-0.39, 0.29) is 5.75 Å². The lowest BCUT2D eigenvalue weighted by molar-refractivity contribution is 0.411. The van der Waals surface area contributed by atoms with E-state index >= 15 is 0 Å². The molecule has 0 atom stereocenters. The Bertz CT molecular complexity index is 568. The Balaban J connectivity index is 2.23. The van der Waals surface area contributed by atoms with E-state index in [0.717, 1.165) is 5.56 Å². The molecule has 0 fully saturated rings. The normalized spacial score (nSPS) is 9.65. The second-order valence-electron chi connectivity index (χ2n) is 3.71. The van der Waals surface area contributed by atoms with Crippen molar-refractivity contribution in [3.05, 3.63) is 53.6 Å². The number of hydrogen-bond acceptors (Lipinski definition) is 3. The van der Waals surface area contributed by atoms with Crippen LogP contribution >= 0.6 is 0 Å². The summed E-state index contributed by atoms with van der Waals surface area (Å²) in [6.07, 6.45) is 0. The van der Waals surface area contributed by atoms with Crippen LogP contribution in [0.1, 0.15) is 11.1 Å². The van der Waals surface area contributed by atoms with E-state index in [1.165, 1.54) is 0 Å². The minimum atomic E-state index is 0.106. The van der Waals surface area contributed by atoms with E-state index in [1.54, 1.807) is 36.4 Å². The van der Waals surface area contributed by atoms with Crippen LogP contribution in [0, 0.1) is 18.3 Å². The van der Waals surface area contributed by atoms with Crippen molar-refractivity contribution in [2.45, 2.75) is 6.92 Å². The summed E-state index contributed by atoms with van der Waals surface area (Å²) in [6.45, 7) is 1.89. The van der Waals surface area contributed by atoms with E-state index in [2.05, 4.69) is 0 Å². The molecule has 0 bridgehead atoms. The second-order valence-corrected chi connectivity index (χ2v) is 3.71. The molecule has 0 aliphatic carbocycles. The first kappa shape index (κ1) is 11.0. The number of phenols is 1. The zero-order chi connectivity index (χ0) is 12.3. The summed E-state index contributed by atoms with van der Waals surface area (Å²) in [7, 11) is 0. The van der Waals surface area contributed by atoms with Crippen LogP contribution in [0.4, 0.5) is 0 Å². The van der Waals surface area contributed by atoms with Gasteiger partial charge in [0.05, 0.1) is 11.6 Å². The molecule has 3 nitrogen and oxygen atoms in total. The summed E-state index contributed by atoms with van der Waals surface area (Å²) in [5.74, 6) is 1.10. The maximum absolute atomic E-state index is 9.68. The van der Waals surface area contributed by atoms with Gasteiger partial charge in [-0.2, -0.15) is 5.26 Å². The largest absolute Gasteiger partial charge is 0.504 e. The molecule has 0 saturated heterocycles. The van der Waals surface area contributed by atoms with Gasteiger partial charge in [0.15, 0.2) is 11.5 Å². The number of hydrogen-bond donors (Lipinski definition) is 1. The van der Waals surface area contributed by atoms with Crippen LogP contribution < -0.4 is 4.74 Å². The quantitative estimate of drug-likeness (QED) is 0.852. The lowest BCUT2D eigenvalue weighted by Gasteiger charge is -2.07. The van der Waals surface area contributed by atoms with E-state index < -0.39 is 0 Å². The molecule has 0 aliphatic heterocycles. The molecule has 2 aromatic rings. The van der Waals surface area contributed by atoms with Crippen molar-refractivity contribution in [2.75, 3.05) is 0 Å². The van der Waals surface area contributed by atoms with Gasteiger partial charge < -0.3 is 9.84 Å². The van der Waals surface area contributed by atoms with Gasteiger partial charge in [-0.15, -0.1) is 0 Å². The Hall–Kier alpha value is -2.47. The highest BCUT2D eigenvalue weighted by molar-refractivity contribution is 5.45. The number of rotatable bonds is 2. The molecule has 17 heavy (non-hydrogen) atoms. The van der Waals surface area contributed by atoms with Crippen LogP contribution in [0.15, 0.2) is 42.5 Å². The third kappa shape index (κ3) is 2.56. The van der Waals surface area contributed by atoms with Crippen LogP contribution in [0.2, 0.25) is 0 Å². The number of aryl methyl sites for hydroxylation is 1. The number of nitrogens with zero attached hydrogens (tertiary/aromatic N) is 1. The molecule has 0 amide bonds. The fourth-order valence-corrected chi connectivity index (χ4v) is 1.44. The molecule has 0 saturated carbocycles. The number of ether oxygens (including phenoxy) is 1. The summed E-state index contributed by atoms with van der Waals surface area (Å²) in [5, 5.41) is 18.3. The SMILES string of the molecule is Cc1ccc(Oc2ccc(C#N)cc2)c(O)c1. The first-order chi connectivity index (χ1) is 8.19. The Morgan fingerprint density at radius 3 is 2.41 bits per heavy atom. The van der Waals surface area contributed by atoms with Gasteiger partial charge in [0, 0.05) is 0 Å². The van der Waals surface area contributed by atoms with Crippen molar-refractivity contribution >= 4 is 0 Å². The molecular weight excluding hydrogens is 214 g/mol. The minimum Gasteiger partial charge on any atom is -0.504 e. The highest BCUT2D eigenvalue weighted by Gasteiger charge is 2.03. The highest BCUT2D eigenvalue weighted by Crippen LogP contribution is 2.31. The van der Waals surface area contributed by atoms with Crippen molar-refractivity contribution < 1.29 is 9.84 Å². The molecule has 0 radical (unpaired) electrons. The average Bonchev–Trinajstić information content (AvgIpc) is 2.34. The van der Waals surface area contributed by atoms with Crippen LogP contribution in [0.5, 0.6) is 17.2 Å². The van der Waals surface area contributed by atoms with Crippen molar-refractivity contribution in [3.8, 4) is 23.3 Å². The van der Waals surface area contributed by atoms with Gasteiger partial charge in [-0.25, -0.2) is 0 Å². The van der Waals surface area contributed by atoms with E-state index in [0.29, 0.717) is 17.1 Å². The fourth-order valence-electron chi connectivity index (χ4n) is 1.44. The standard InChI is InChI=1S/C14H11NO2/c1-10-2-7-14(13(16)8-10)17-12-5-3-11(9-15)4-6-12/h2-8,16H,1H3. The number of phenolic OH excluding ortho intramolecular Hbond substituents is 1. The molecule has 3 heteroatoms. The van der Waals surface area contributed by atoms with Gasteiger partial charge in [0.1, 0.15) is 5.75 Å². The maximum Gasteiger partial charge on any atom is 0.169 e. The molecule has 0 aliphatic rings. The smallest absolute Gasteiger partial charge is 0.169 e. The van der Waals surface area contributed by atoms with E-state index in [9.17, 15) is 5.11 Å². The third-order valence-corrected chi connectivity index (χ3v) is 2.33. The second kappa shape index (κ2) is 4.58. The third-order valence-electron chi connectivity index (χ3n) is 2.33. The highest BCUT2D eigenvalue weighted by atomic mass is 16.5. The van der Waals surface area contributed by atoms with Crippen molar-refractivity contribution in [1.82, 2.24) is 0 Å². The van der Waals surface area contributed by atoms with Crippen molar-refractivity contribution in [1.29, 1.82) is 5.26 Å². The van der Waals surface area contributed by atoms with Gasteiger partial charge in [-0.05, 0) is 48.9 Å². The van der Waals surface area contributed by atoms with Crippen molar-refractivity contribution in [2.24, 2.45) is 0 Å². The van der Waals surface area contributed by atoms with Crippen LogP contribution in [0.3, 0.4) is 0 Å². The molecule has 0 heterocycles. The predicted molar refractivity (Wildman–Crippen MR) is 64.1 cm³/mol. The molecule has 0 spiro atoms. The zero-order valence-corrected chi connectivity index (χ0v) is 9.34. The maximum atomic E-state index is 9.68. The number of aromatic hydroxyl groups is 1. The average molecular weight is 225 g/mol. The minimum absolute atomic E-state index is 0.106. The summed E-state index contributed by atoms with van der Waals surface area (Å²) in [4.78, 5) is 0. The number of nitriles is 1. The summed E-state index contributed by atoms with van der Waals surface area (Å²) in [5.41, 5.74) is 1.54. The summed E-state index contributed by atoms with van der Waals surface area (Å²) < 4.78 is 5.50. The van der Waals surface area contributed by atoms with E-state index in [4.69, 9.17) is 10.00 Å². The first-order valence-electron chi connectivity index (χ1n) is 5.16. The van der Waals surface area contributed by atoms with Crippen LogP contribution in [0.25, 0.3) is 0 Å². The molecule has 0 aromatic heterocycles. The monoisotopic (exact) mass is 225 g/mol. The summed E-state index contributed by atoms with van der Waals surface area (Å²) >= 11 is 0. The van der Waals surface area contributed by atoms with Gasteiger partial charge in [0.25, 0.3) is 0 Å². The van der Waals surface area contributed by atoms with Gasteiger partial charge in [0.2, 0.25) is 0 Å². The topological polar surface area (TPSA) is 53.2 Å².